The second kappa shape index (κ2) is 12.3. The fourth-order valence-corrected chi connectivity index (χ4v) is 7.11. The largest absolute Gasteiger partial charge is 0.481 e. The molecule has 19 nitrogen and oxygen atoms in total. The standard InChI is InChI=1S/C22H28N4O15P2/c1-4-5-34-17-13-6-35-14(17)7-36-42(30,31)41-43(32,33)37-8-15-18(38-11(2)27)19(39-12(3)28)22(40-15)26-9-23-16-20(26)24-10-25(13)21(16)29/h4,9-10,13-15,17-19,22H,1,5-8H2,2-3H3,(H,30,31)(H,32,33)/t13-,14-,15-,17-,18-,19-,22-/m1/s1. The van der Waals surface area contributed by atoms with Gasteiger partial charge in [-0.1, -0.05) is 6.08 Å². The molecule has 2 fully saturated rings. The Morgan fingerprint density at radius 2 is 1.63 bits per heavy atom. The molecule has 0 amide bonds. The van der Waals surface area contributed by atoms with Gasteiger partial charge in [0.1, 0.15) is 24.6 Å². The fourth-order valence-electron chi connectivity index (χ4n) is 5.02. The number of hydrogen-bond acceptors (Lipinski definition) is 15. The van der Waals surface area contributed by atoms with E-state index in [2.05, 4.69) is 20.9 Å². The highest BCUT2D eigenvalue weighted by Crippen LogP contribution is 2.61. The lowest BCUT2D eigenvalue weighted by atomic mass is 10.1. The molecule has 0 saturated carbocycles. The topological polar surface area (TPSA) is 235 Å². The molecule has 4 aliphatic rings. The van der Waals surface area contributed by atoms with Crippen LogP contribution in [0.5, 0.6) is 0 Å². The van der Waals surface area contributed by atoms with Gasteiger partial charge in [0.15, 0.2) is 29.6 Å². The van der Waals surface area contributed by atoms with Gasteiger partial charge in [0.25, 0.3) is 5.56 Å². The zero-order chi connectivity index (χ0) is 31.1. The molecule has 2 N–H and O–H groups in total. The SMILES string of the molecule is C=CCO[C@@H]1[C@H]2CO[C@@H]1COP(=O)(O)OP(=O)(O)OC[C@H]1O[C@H]([C@H](OC(C)=O)[C@@H]1OC(C)=O)n1cnc3c(=O)n2cnc31. The van der Waals surface area contributed by atoms with E-state index >= 15 is 0 Å². The second-order valence-electron chi connectivity index (χ2n) is 9.63. The zero-order valence-electron chi connectivity index (χ0n) is 22.7. The van der Waals surface area contributed by atoms with Crippen molar-refractivity contribution in [2.45, 2.75) is 56.6 Å². The Kier molecular flexibility index (Phi) is 9.02. The molecule has 6 rings (SSSR count). The summed E-state index contributed by atoms with van der Waals surface area (Å²) in [6.45, 7) is 4.12. The highest BCUT2D eigenvalue weighted by atomic mass is 31.3. The quantitative estimate of drug-likeness (QED) is 0.248. The van der Waals surface area contributed by atoms with Gasteiger partial charge >= 0.3 is 27.6 Å². The smallest absolute Gasteiger partial charge is 0.456 e. The Hall–Kier alpha value is -2.83. The molecular formula is C22H28N4O15P2. The van der Waals surface area contributed by atoms with Crippen molar-refractivity contribution in [2.24, 2.45) is 0 Å². The minimum Gasteiger partial charge on any atom is -0.456 e. The van der Waals surface area contributed by atoms with Crippen LogP contribution in [0.15, 0.2) is 30.1 Å². The lowest BCUT2D eigenvalue weighted by molar-refractivity contribution is -0.165. The van der Waals surface area contributed by atoms with Gasteiger partial charge < -0.3 is 33.5 Å². The number of carbonyl (C=O) groups is 2. The van der Waals surface area contributed by atoms with Gasteiger partial charge in [-0.3, -0.25) is 32.6 Å². The summed E-state index contributed by atoms with van der Waals surface area (Å²) in [6, 6.07) is -0.817. The van der Waals surface area contributed by atoms with E-state index in [1.54, 1.807) is 0 Å². The van der Waals surface area contributed by atoms with Gasteiger partial charge in [-0.25, -0.2) is 19.1 Å². The highest BCUT2D eigenvalue weighted by Gasteiger charge is 2.52. The number of carbonyl (C=O) groups excluding carboxylic acids is 2. The van der Waals surface area contributed by atoms with Crippen LogP contribution in [-0.4, -0.2) is 97.8 Å². The van der Waals surface area contributed by atoms with Crippen LogP contribution < -0.4 is 5.56 Å². The van der Waals surface area contributed by atoms with Gasteiger partial charge in [-0.2, -0.15) is 4.31 Å². The number of ether oxygens (including phenoxy) is 5. The third-order valence-corrected chi connectivity index (χ3v) is 9.28. The monoisotopic (exact) mass is 650 g/mol. The summed E-state index contributed by atoms with van der Waals surface area (Å²) >= 11 is 0. The Morgan fingerprint density at radius 3 is 2.28 bits per heavy atom. The van der Waals surface area contributed by atoms with Crippen molar-refractivity contribution in [3.05, 3.63) is 35.7 Å². The molecule has 9 atom stereocenters. The van der Waals surface area contributed by atoms with E-state index in [0.29, 0.717) is 0 Å². The third kappa shape index (κ3) is 6.66. The number of rotatable bonds is 5. The van der Waals surface area contributed by atoms with E-state index in [1.165, 1.54) is 27.9 Å². The summed E-state index contributed by atoms with van der Waals surface area (Å²) in [6.07, 6.45) is -3.65. The predicted molar refractivity (Wildman–Crippen MR) is 138 cm³/mol. The van der Waals surface area contributed by atoms with Crippen molar-refractivity contribution >= 4 is 38.7 Å². The summed E-state index contributed by atoms with van der Waals surface area (Å²) < 4.78 is 70.0. The Bertz CT molecular complexity index is 1560. The number of imidazole rings is 1. The number of hydrogen-bond donors (Lipinski definition) is 2. The van der Waals surface area contributed by atoms with Crippen molar-refractivity contribution < 1.29 is 65.5 Å². The molecule has 2 unspecified atom stereocenters. The van der Waals surface area contributed by atoms with Crippen LogP contribution in [0, 0.1) is 0 Å². The van der Waals surface area contributed by atoms with Crippen molar-refractivity contribution in [3.63, 3.8) is 0 Å². The van der Waals surface area contributed by atoms with E-state index in [9.17, 15) is 33.3 Å². The average molecular weight is 650 g/mol. The van der Waals surface area contributed by atoms with E-state index < -0.39 is 89.1 Å². The molecule has 0 radical (unpaired) electrons. The summed E-state index contributed by atoms with van der Waals surface area (Å²) in [7, 11) is -10.6. The van der Waals surface area contributed by atoms with Gasteiger partial charge in [0.05, 0.1) is 38.8 Å². The van der Waals surface area contributed by atoms with Gasteiger partial charge in [-0.15, -0.1) is 6.58 Å². The van der Waals surface area contributed by atoms with E-state index in [4.69, 9.17) is 32.7 Å². The summed E-state index contributed by atoms with van der Waals surface area (Å²) in [4.78, 5) is 66.5. The molecule has 0 aromatic carbocycles. The molecule has 0 spiro atoms. The first-order valence-electron chi connectivity index (χ1n) is 12.7. The van der Waals surface area contributed by atoms with Crippen LogP contribution in [0.3, 0.4) is 0 Å². The molecular weight excluding hydrogens is 622 g/mol. The summed E-state index contributed by atoms with van der Waals surface area (Å²) in [5, 5.41) is 0. The van der Waals surface area contributed by atoms with Gasteiger partial charge in [-0.05, 0) is 0 Å². The normalized spacial score (nSPS) is 36.3. The number of phosphoric acid groups is 2. The Balaban J connectivity index is 1.62. The molecule has 21 heteroatoms. The van der Waals surface area contributed by atoms with Gasteiger partial charge in [0.2, 0.25) is 0 Å². The molecule has 2 aromatic rings. The van der Waals surface area contributed by atoms with Crippen LogP contribution in [0.1, 0.15) is 26.1 Å². The van der Waals surface area contributed by atoms with Crippen LogP contribution >= 0.6 is 15.6 Å². The van der Waals surface area contributed by atoms with Crippen LogP contribution in [0.2, 0.25) is 0 Å². The maximum Gasteiger partial charge on any atom is 0.481 e. The third-order valence-electron chi connectivity index (χ3n) is 6.67. The number of aromatic nitrogens is 4. The van der Waals surface area contributed by atoms with Crippen LogP contribution in [0.25, 0.3) is 11.2 Å². The van der Waals surface area contributed by atoms with Crippen molar-refractivity contribution in [3.8, 4) is 0 Å². The van der Waals surface area contributed by atoms with E-state index in [0.717, 1.165) is 13.8 Å². The van der Waals surface area contributed by atoms with Crippen LogP contribution in [0.4, 0.5) is 0 Å². The van der Waals surface area contributed by atoms with Crippen molar-refractivity contribution in [1.82, 2.24) is 19.1 Å². The van der Waals surface area contributed by atoms with Crippen molar-refractivity contribution in [1.29, 1.82) is 0 Å². The first-order chi connectivity index (χ1) is 20.3. The number of esters is 2. The molecule has 0 aliphatic carbocycles. The highest BCUT2D eigenvalue weighted by molar-refractivity contribution is 7.61. The minimum absolute atomic E-state index is 0.00685. The first-order valence-corrected chi connectivity index (χ1v) is 15.7. The Morgan fingerprint density at radius 1 is 1.00 bits per heavy atom. The predicted octanol–water partition coefficient (Wildman–Crippen LogP) is 0.129. The molecule has 8 bridgehead atoms. The molecule has 2 aromatic heterocycles. The molecule has 236 valence electrons. The number of phosphoric ester groups is 2. The van der Waals surface area contributed by atoms with Crippen LogP contribution in [-0.2, 0) is 55.8 Å². The maximum absolute atomic E-state index is 13.6. The van der Waals surface area contributed by atoms with E-state index in [-0.39, 0.29) is 24.4 Å². The lowest BCUT2D eigenvalue weighted by Gasteiger charge is -2.25. The molecule has 2 saturated heterocycles. The molecule has 43 heavy (non-hydrogen) atoms. The second-order valence-corrected chi connectivity index (χ2v) is 12.7. The van der Waals surface area contributed by atoms with Crippen molar-refractivity contribution in [2.75, 3.05) is 26.4 Å². The Labute approximate surface area is 242 Å². The lowest BCUT2D eigenvalue weighted by Crippen LogP contribution is -2.40. The summed E-state index contributed by atoms with van der Waals surface area (Å²) in [5.41, 5.74) is -0.719. The molecule has 4 aliphatic heterocycles. The van der Waals surface area contributed by atoms with E-state index in [1.807, 2.05) is 0 Å². The average Bonchev–Trinajstić information content (AvgIpc) is 3.60. The number of fused-ring (bicyclic) bond motifs is 7. The first kappa shape index (κ1) is 31.6. The minimum atomic E-state index is -5.32. The molecule has 6 heterocycles. The van der Waals surface area contributed by atoms with Gasteiger partial charge in [0, 0.05) is 13.8 Å². The zero-order valence-corrected chi connectivity index (χ0v) is 24.5. The summed E-state index contributed by atoms with van der Waals surface area (Å²) in [5.74, 6) is -1.63. The number of nitrogens with zero attached hydrogens (tertiary/aromatic N) is 4. The maximum atomic E-state index is 13.6. The fraction of sp³-hybridized carbons (Fsp3) is 0.591.